The van der Waals surface area contributed by atoms with Crippen LogP contribution in [0.4, 0.5) is 0 Å². The quantitative estimate of drug-likeness (QED) is 0.557. The van der Waals surface area contributed by atoms with Crippen molar-refractivity contribution in [1.82, 2.24) is 5.32 Å². The summed E-state index contributed by atoms with van der Waals surface area (Å²) in [5, 5.41) is 18.8. The third kappa shape index (κ3) is 9.57. The number of nitrogens with one attached hydrogen (secondary N) is 1. The van der Waals surface area contributed by atoms with E-state index in [0.29, 0.717) is 18.7 Å². The van der Waals surface area contributed by atoms with E-state index in [9.17, 15) is 9.59 Å². The minimum absolute atomic E-state index is 0.258. The van der Waals surface area contributed by atoms with Gasteiger partial charge in [0.2, 0.25) is 0 Å². The summed E-state index contributed by atoms with van der Waals surface area (Å²) in [5.41, 5.74) is 5.34. The summed E-state index contributed by atoms with van der Waals surface area (Å²) in [4.78, 5) is 19.1. The standard InChI is InChI=1S/C8H14N2O.C4H4O4/c1-7(10-5-4-9)8-3-2-6-11-8;5-3(6)1-2-4(7)8/h2-3,6-7,10H,4-5,9H2,1H3;1-2H,(H,5,6)(H,7,8)/b;2-1+. The van der Waals surface area contributed by atoms with Gasteiger partial charge in [0, 0.05) is 25.2 Å². The Hall–Kier alpha value is -2.12. The van der Waals surface area contributed by atoms with E-state index in [0.717, 1.165) is 12.3 Å². The molecule has 1 rings (SSSR count). The molecule has 0 spiro atoms. The van der Waals surface area contributed by atoms with Crippen LogP contribution in [-0.4, -0.2) is 35.2 Å². The van der Waals surface area contributed by atoms with Gasteiger partial charge >= 0.3 is 11.9 Å². The zero-order valence-corrected chi connectivity index (χ0v) is 10.6. The Morgan fingerprint density at radius 3 is 2.37 bits per heavy atom. The van der Waals surface area contributed by atoms with E-state index < -0.39 is 11.9 Å². The Bertz CT molecular complexity index is 384. The number of hydrogen-bond donors (Lipinski definition) is 4. The van der Waals surface area contributed by atoms with Gasteiger partial charge in [-0.1, -0.05) is 0 Å². The van der Waals surface area contributed by atoms with Gasteiger partial charge in [0.25, 0.3) is 0 Å². The average Bonchev–Trinajstić information content (AvgIpc) is 2.88. The second-order valence-corrected chi connectivity index (χ2v) is 3.49. The first-order valence-corrected chi connectivity index (χ1v) is 5.58. The Morgan fingerprint density at radius 2 is 2.00 bits per heavy atom. The molecule has 0 saturated heterocycles. The van der Waals surface area contributed by atoms with E-state index in [2.05, 4.69) is 12.2 Å². The highest BCUT2D eigenvalue weighted by atomic mass is 16.4. The van der Waals surface area contributed by atoms with Crippen molar-refractivity contribution in [3.8, 4) is 0 Å². The number of carboxylic acid groups (broad SMARTS) is 2. The number of carbonyl (C=O) groups is 2. The lowest BCUT2D eigenvalue weighted by Gasteiger charge is -2.08. The lowest BCUT2D eigenvalue weighted by atomic mass is 10.2. The molecule has 0 aliphatic rings. The first-order valence-electron chi connectivity index (χ1n) is 5.58. The molecule has 1 atom stereocenters. The van der Waals surface area contributed by atoms with Gasteiger partial charge in [0.1, 0.15) is 5.76 Å². The summed E-state index contributed by atoms with van der Waals surface area (Å²) in [6, 6.07) is 4.10. The van der Waals surface area contributed by atoms with E-state index in [4.69, 9.17) is 20.4 Å². The van der Waals surface area contributed by atoms with Crippen LogP contribution >= 0.6 is 0 Å². The van der Waals surface area contributed by atoms with Crippen molar-refractivity contribution < 1.29 is 24.2 Å². The first kappa shape index (κ1) is 16.9. The highest BCUT2D eigenvalue weighted by Crippen LogP contribution is 2.10. The molecule has 0 saturated carbocycles. The predicted molar refractivity (Wildman–Crippen MR) is 68.6 cm³/mol. The van der Waals surface area contributed by atoms with Crippen LogP contribution in [-0.2, 0) is 9.59 Å². The van der Waals surface area contributed by atoms with Crippen LogP contribution in [0.25, 0.3) is 0 Å². The van der Waals surface area contributed by atoms with Gasteiger partial charge in [-0.3, -0.25) is 0 Å². The summed E-state index contributed by atoms with van der Waals surface area (Å²) in [6.45, 7) is 3.53. The molecule has 0 bridgehead atoms. The molecule has 5 N–H and O–H groups in total. The number of rotatable bonds is 6. The maximum absolute atomic E-state index is 9.55. The van der Waals surface area contributed by atoms with Crippen LogP contribution in [0, 0.1) is 0 Å². The Morgan fingerprint density at radius 1 is 1.42 bits per heavy atom. The van der Waals surface area contributed by atoms with E-state index in [1.807, 2.05) is 12.1 Å². The van der Waals surface area contributed by atoms with Crippen LogP contribution in [0.3, 0.4) is 0 Å². The number of furan rings is 1. The van der Waals surface area contributed by atoms with Gasteiger partial charge in [-0.15, -0.1) is 0 Å². The van der Waals surface area contributed by atoms with Crippen molar-refractivity contribution in [1.29, 1.82) is 0 Å². The number of hydrogen-bond acceptors (Lipinski definition) is 5. The fraction of sp³-hybridized carbons (Fsp3) is 0.333. The SMILES string of the molecule is CC(NCCN)c1ccco1.O=C(O)/C=C/C(=O)O. The third-order valence-corrected chi connectivity index (χ3v) is 1.93. The fourth-order valence-electron chi connectivity index (χ4n) is 1.08. The normalized spacial score (nSPS) is 11.7. The third-order valence-electron chi connectivity index (χ3n) is 1.93. The minimum atomic E-state index is -1.26. The second-order valence-electron chi connectivity index (χ2n) is 3.49. The topological polar surface area (TPSA) is 126 Å². The zero-order valence-electron chi connectivity index (χ0n) is 10.6. The van der Waals surface area contributed by atoms with E-state index in [-0.39, 0.29) is 6.04 Å². The molecule has 1 aromatic rings. The molecule has 0 amide bonds. The minimum Gasteiger partial charge on any atom is -0.478 e. The maximum atomic E-state index is 9.55. The van der Waals surface area contributed by atoms with Crippen molar-refractivity contribution >= 4 is 11.9 Å². The van der Waals surface area contributed by atoms with Gasteiger partial charge in [-0.05, 0) is 19.1 Å². The van der Waals surface area contributed by atoms with Gasteiger partial charge in [0.15, 0.2) is 0 Å². The molecular formula is C12H18N2O5. The van der Waals surface area contributed by atoms with E-state index in [1.165, 1.54) is 0 Å². The molecule has 106 valence electrons. The van der Waals surface area contributed by atoms with Crippen LogP contribution in [0.15, 0.2) is 35.0 Å². The largest absolute Gasteiger partial charge is 0.478 e. The summed E-state index contributed by atoms with van der Waals surface area (Å²) < 4.78 is 5.19. The molecule has 19 heavy (non-hydrogen) atoms. The molecular weight excluding hydrogens is 252 g/mol. The predicted octanol–water partition coefficient (Wildman–Crippen LogP) is 0.601. The van der Waals surface area contributed by atoms with Crippen LogP contribution in [0.1, 0.15) is 18.7 Å². The Labute approximate surface area is 110 Å². The van der Waals surface area contributed by atoms with Crippen molar-refractivity contribution in [2.45, 2.75) is 13.0 Å². The lowest BCUT2D eigenvalue weighted by Crippen LogP contribution is -2.25. The summed E-state index contributed by atoms with van der Waals surface area (Å²) >= 11 is 0. The van der Waals surface area contributed by atoms with Gasteiger partial charge in [-0.2, -0.15) is 0 Å². The van der Waals surface area contributed by atoms with Gasteiger partial charge in [-0.25, -0.2) is 9.59 Å². The summed E-state index contributed by atoms with van der Waals surface area (Å²) in [7, 11) is 0. The molecule has 1 aromatic heterocycles. The molecule has 0 fully saturated rings. The van der Waals surface area contributed by atoms with Crippen molar-refractivity contribution in [3.63, 3.8) is 0 Å². The summed E-state index contributed by atoms with van der Waals surface area (Å²) in [6.07, 6.45) is 2.79. The van der Waals surface area contributed by atoms with Crippen LogP contribution < -0.4 is 11.1 Å². The Kier molecular flexibility index (Phi) is 8.76. The molecule has 0 aliphatic heterocycles. The van der Waals surface area contributed by atoms with Crippen molar-refractivity contribution in [2.24, 2.45) is 5.73 Å². The molecule has 1 unspecified atom stereocenters. The highest BCUT2D eigenvalue weighted by molar-refractivity contribution is 5.89. The molecule has 7 nitrogen and oxygen atoms in total. The van der Waals surface area contributed by atoms with Crippen LogP contribution in [0.5, 0.6) is 0 Å². The van der Waals surface area contributed by atoms with E-state index >= 15 is 0 Å². The smallest absolute Gasteiger partial charge is 0.328 e. The maximum Gasteiger partial charge on any atom is 0.328 e. The van der Waals surface area contributed by atoms with Crippen molar-refractivity contribution in [3.05, 3.63) is 36.3 Å². The van der Waals surface area contributed by atoms with Crippen molar-refractivity contribution in [2.75, 3.05) is 13.1 Å². The summed E-state index contributed by atoms with van der Waals surface area (Å²) in [5.74, 6) is -1.56. The van der Waals surface area contributed by atoms with E-state index in [1.54, 1.807) is 6.26 Å². The number of nitrogens with two attached hydrogens (primary N) is 1. The molecule has 0 aliphatic carbocycles. The lowest BCUT2D eigenvalue weighted by molar-refractivity contribution is -0.134. The molecule has 1 heterocycles. The average molecular weight is 270 g/mol. The monoisotopic (exact) mass is 270 g/mol. The van der Waals surface area contributed by atoms with Gasteiger partial charge < -0.3 is 25.7 Å². The second kappa shape index (κ2) is 9.86. The first-order chi connectivity index (χ1) is 8.97. The Balaban J connectivity index is 0.000000362. The zero-order chi connectivity index (χ0) is 14.7. The molecule has 0 radical (unpaired) electrons. The highest BCUT2D eigenvalue weighted by Gasteiger charge is 2.04. The van der Waals surface area contributed by atoms with Crippen LogP contribution in [0.2, 0.25) is 0 Å². The van der Waals surface area contributed by atoms with Gasteiger partial charge in [0.05, 0.1) is 12.3 Å². The fourth-order valence-corrected chi connectivity index (χ4v) is 1.08. The molecule has 0 aromatic carbocycles. The molecule has 7 heteroatoms. The number of carboxylic acids is 2. The number of aliphatic carboxylic acids is 2.